The quantitative estimate of drug-likeness (QED) is 0.729. The van der Waals surface area contributed by atoms with Crippen molar-refractivity contribution in [2.45, 2.75) is 26.8 Å². The van der Waals surface area contributed by atoms with Crippen LogP contribution >= 0.6 is 0 Å². The van der Waals surface area contributed by atoms with E-state index in [4.69, 9.17) is 5.73 Å². The van der Waals surface area contributed by atoms with E-state index < -0.39 is 0 Å². The van der Waals surface area contributed by atoms with Crippen molar-refractivity contribution < 1.29 is 0 Å². The molecule has 1 aromatic heterocycles. The highest BCUT2D eigenvalue weighted by Crippen LogP contribution is 2.08. The Bertz CT molecular complexity index is 265. The van der Waals surface area contributed by atoms with Crippen LogP contribution in [0.5, 0.6) is 0 Å². The third-order valence-electron chi connectivity index (χ3n) is 1.84. The summed E-state index contributed by atoms with van der Waals surface area (Å²) in [5, 5.41) is 7.02. The first kappa shape index (κ1) is 9.83. The number of rotatable bonds is 4. The van der Waals surface area contributed by atoms with Crippen molar-refractivity contribution in [3.05, 3.63) is 0 Å². The summed E-state index contributed by atoms with van der Waals surface area (Å²) < 4.78 is 1.73. The predicted molar refractivity (Wildman–Crippen MR) is 53.4 cm³/mol. The molecule has 0 aliphatic rings. The number of nitrogen functional groups attached to an aromatic ring is 1. The zero-order chi connectivity index (χ0) is 9.84. The molecular formula is C8H17N5. The molecule has 0 bridgehead atoms. The van der Waals surface area contributed by atoms with Crippen molar-refractivity contribution in [1.29, 1.82) is 0 Å². The van der Waals surface area contributed by atoms with Gasteiger partial charge in [0, 0.05) is 13.6 Å². The molecule has 0 saturated heterocycles. The van der Waals surface area contributed by atoms with Gasteiger partial charge in [-0.2, -0.15) is 4.98 Å². The van der Waals surface area contributed by atoms with Crippen molar-refractivity contribution in [2.24, 2.45) is 5.92 Å². The van der Waals surface area contributed by atoms with Crippen LogP contribution in [0.25, 0.3) is 0 Å². The highest BCUT2D eigenvalue weighted by Gasteiger charge is 2.05. The molecule has 5 nitrogen and oxygen atoms in total. The van der Waals surface area contributed by atoms with E-state index in [1.165, 1.54) is 0 Å². The van der Waals surface area contributed by atoms with Gasteiger partial charge in [-0.25, -0.2) is 4.68 Å². The van der Waals surface area contributed by atoms with Crippen LogP contribution in [-0.2, 0) is 6.54 Å². The highest BCUT2D eigenvalue weighted by atomic mass is 15.4. The number of nitrogens with two attached hydrogens (primary N) is 1. The molecule has 5 heteroatoms. The number of nitrogens with zero attached hydrogens (tertiary/aromatic N) is 3. The second-order valence-corrected chi connectivity index (χ2v) is 3.45. The van der Waals surface area contributed by atoms with E-state index in [0.29, 0.717) is 17.8 Å². The lowest BCUT2D eigenvalue weighted by atomic mass is 10.1. The zero-order valence-electron chi connectivity index (χ0n) is 8.41. The standard InChI is InChI=1S/C8H17N5/c1-6(2)4-5-13-7(9)11-8(10-3)12-13/h6H,4-5H2,1-3H3,(H3,9,10,11,12). The van der Waals surface area contributed by atoms with Gasteiger partial charge in [0.25, 0.3) is 0 Å². The molecule has 0 aliphatic carbocycles. The van der Waals surface area contributed by atoms with Gasteiger partial charge in [0.2, 0.25) is 11.9 Å². The van der Waals surface area contributed by atoms with Gasteiger partial charge in [0.05, 0.1) is 0 Å². The maximum Gasteiger partial charge on any atom is 0.243 e. The Morgan fingerprint density at radius 1 is 1.54 bits per heavy atom. The van der Waals surface area contributed by atoms with Crippen LogP contribution in [0.1, 0.15) is 20.3 Å². The number of aryl methyl sites for hydroxylation is 1. The first-order valence-electron chi connectivity index (χ1n) is 4.51. The Kier molecular flexibility index (Phi) is 3.11. The fourth-order valence-corrected chi connectivity index (χ4v) is 1.01. The van der Waals surface area contributed by atoms with E-state index >= 15 is 0 Å². The molecule has 0 saturated carbocycles. The van der Waals surface area contributed by atoms with Gasteiger partial charge in [-0.1, -0.05) is 13.8 Å². The topological polar surface area (TPSA) is 68.8 Å². The minimum atomic E-state index is 0.477. The molecule has 0 fully saturated rings. The Morgan fingerprint density at radius 2 is 2.23 bits per heavy atom. The van der Waals surface area contributed by atoms with Crippen LogP contribution in [0.3, 0.4) is 0 Å². The maximum absolute atomic E-state index is 5.65. The first-order valence-corrected chi connectivity index (χ1v) is 4.51. The molecule has 74 valence electrons. The molecule has 0 spiro atoms. The molecule has 0 radical (unpaired) electrons. The molecule has 1 heterocycles. The van der Waals surface area contributed by atoms with Crippen molar-refractivity contribution in [2.75, 3.05) is 18.1 Å². The van der Waals surface area contributed by atoms with Crippen molar-refractivity contribution >= 4 is 11.9 Å². The second-order valence-electron chi connectivity index (χ2n) is 3.45. The molecular weight excluding hydrogens is 166 g/mol. The summed E-state index contributed by atoms with van der Waals surface area (Å²) in [5.41, 5.74) is 5.65. The monoisotopic (exact) mass is 183 g/mol. The molecule has 3 N–H and O–H groups in total. The Balaban J connectivity index is 2.60. The summed E-state index contributed by atoms with van der Waals surface area (Å²) in [6, 6.07) is 0. The Labute approximate surface area is 78.3 Å². The normalized spacial score (nSPS) is 10.8. The van der Waals surface area contributed by atoms with Crippen LogP contribution in [-0.4, -0.2) is 21.8 Å². The van der Waals surface area contributed by atoms with Crippen LogP contribution in [0.2, 0.25) is 0 Å². The summed E-state index contributed by atoms with van der Waals surface area (Å²) in [6.45, 7) is 5.18. The SMILES string of the molecule is CNc1nc(N)n(CCC(C)C)n1. The summed E-state index contributed by atoms with van der Waals surface area (Å²) in [6.07, 6.45) is 1.07. The first-order chi connectivity index (χ1) is 6.13. The van der Waals surface area contributed by atoms with Crippen LogP contribution < -0.4 is 11.1 Å². The predicted octanol–water partition coefficient (Wildman–Crippen LogP) is 0.948. The molecule has 0 unspecified atom stereocenters. The summed E-state index contributed by atoms with van der Waals surface area (Å²) in [4.78, 5) is 4.03. The van der Waals surface area contributed by atoms with E-state index in [-0.39, 0.29) is 0 Å². The minimum absolute atomic E-state index is 0.477. The largest absolute Gasteiger partial charge is 0.368 e. The van der Waals surface area contributed by atoms with E-state index in [2.05, 4.69) is 29.2 Å². The zero-order valence-corrected chi connectivity index (χ0v) is 8.41. The molecule has 0 atom stereocenters. The van der Waals surface area contributed by atoms with Crippen molar-refractivity contribution in [1.82, 2.24) is 14.8 Å². The number of hydrogen-bond donors (Lipinski definition) is 2. The van der Waals surface area contributed by atoms with E-state index in [1.54, 1.807) is 11.7 Å². The van der Waals surface area contributed by atoms with Crippen molar-refractivity contribution in [3.8, 4) is 0 Å². The van der Waals surface area contributed by atoms with Crippen LogP contribution in [0, 0.1) is 5.92 Å². The minimum Gasteiger partial charge on any atom is -0.368 e. The third-order valence-corrected chi connectivity index (χ3v) is 1.84. The average molecular weight is 183 g/mol. The van der Waals surface area contributed by atoms with Gasteiger partial charge in [-0.3, -0.25) is 0 Å². The molecule has 0 aliphatic heterocycles. The number of anilines is 2. The van der Waals surface area contributed by atoms with E-state index in [9.17, 15) is 0 Å². The summed E-state index contributed by atoms with van der Waals surface area (Å²) in [7, 11) is 1.78. The lowest BCUT2D eigenvalue weighted by Crippen LogP contribution is -2.07. The second kappa shape index (κ2) is 4.11. The summed E-state index contributed by atoms with van der Waals surface area (Å²) >= 11 is 0. The molecule has 13 heavy (non-hydrogen) atoms. The van der Waals surface area contributed by atoms with Crippen LogP contribution in [0.15, 0.2) is 0 Å². The fraction of sp³-hybridized carbons (Fsp3) is 0.750. The Morgan fingerprint density at radius 3 is 2.69 bits per heavy atom. The number of hydrogen-bond acceptors (Lipinski definition) is 4. The van der Waals surface area contributed by atoms with Gasteiger partial charge in [-0.15, -0.1) is 5.10 Å². The van der Waals surface area contributed by atoms with Crippen molar-refractivity contribution in [3.63, 3.8) is 0 Å². The van der Waals surface area contributed by atoms with Gasteiger partial charge in [0.15, 0.2) is 0 Å². The lowest BCUT2D eigenvalue weighted by molar-refractivity contribution is 0.491. The molecule has 0 amide bonds. The smallest absolute Gasteiger partial charge is 0.243 e. The lowest BCUT2D eigenvalue weighted by Gasteiger charge is -2.04. The highest BCUT2D eigenvalue weighted by molar-refractivity contribution is 5.30. The van der Waals surface area contributed by atoms with E-state index in [0.717, 1.165) is 13.0 Å². The molecule has 1 rings (SSSR count). The average Bonchev–Trinajstić information content (AvgIpc) is 2.43. The van der Waals surface area contributed by atoms with Gasteiger partial charge in [0.1, 0.15) is 0 Å². The number of nitrogens with one attached hydrogen (secondary N) is 1. The third kappa shape index (κ3) is 2.61. The van der Waals surface area contributed by atoms with E-state index in [1.807, 2.05) is 0 Å². The van der Waals surface area contributed by atoms with Crippen LogP contribution in [0.4, 0.5) is 11.9 Å². The molecule has 0 aromatic carbocycles. The maximum atomic E-state index is 5.65. The van der Waals surface area contributed by atoms with Gasteiger partial charge >= 0.3 is 0 Å². The summed E-state index contributed by atoms with van der Waals surface area (Å²) in [5.74, 6) is 1.72. The molecule has 1 aromatic rings. The van der Waals surface area contributed by atoms with Gasteiger partial charge < -0.3 is 11.1 Å². The van der Waals surface area contributed by atoms with Gasteiger partial charge in [-0.05, 0) is 12.3 Å². The fourth-order valence-electron chi connectivity index (χ4n) is 1.01. The number of aromatic nitrogens is 3. The Hall–Kier alpha value is -1.26.